The standard InChI is InChI=1S/C27H26F4O/c1-3-5-6-7-20-14-15-21(25(29)24(20)28)13-10-18-8-11-19(12-9-18)22-16-17-23(32-4-2)27(31)26(22)30/h8-17H,3-7H2,1-2H3. The summed E-state index contributed by atoms with van der Waals surface area (Å²) in [5, 5.41) is 0. The van der Waals surface area contributed by atoms with Crippen LogP contribution in [-0.2, 0) is 6.42 Å². The summed E-state index contributed by atoms with van der Waals surface area (Å²) in [5.74, 6) is -3.79. The van der Waals surface area contributed by atoms with Crippen LogP contribution in [0.2, 0.25) is 0 Å². The van der Waals surface area contributed by atoms with Crippen molar-refractivity contribution in [1.29, 1.82) is 0 Å². The van der Waals surface area contributed by atoms with E-state index in [1.54, 1.807) is 49.4 Å². The summed E-state index contributed by atoms with van der Waals surface area (Å²) in [6, 6.07) is 12.8. The lowest BCUT2D eigenvalue weighted by Crippen LogP contribution is -1.98. The first-order valence-corrected chi connectivity index (χ1v) is 10.8. The zero-order valence-corrected chi connectivity index (χ0v) is 18.2. The SMILES string of the molecule is CCCCCc1ccc(C=Cc2ccc(-c3ccc(OCC)c(F)c3F)cc2)c(F)c1F. The summed E-state index contributed by atoms with van der Waals surface area (Å²) in [6.45, 7) is 3.99. The van der Waals surface area contributed by atoms with E-state index in [4.69, 9.17) is 4.74 Å². The summed E-state index contributed by atoms with van der Waals surface area (Å²) in [6.07, 6.45) is 6.49. The third kappa shape index (κ3) is 5.39. The first kappa shape index (κ1) is 23.6. The van der Waals surface area contributed by atoms with Gasteiger partial charge in [0.05, 0.1) is 6.61 Å². The topological polar surface area (TPSA) is 9.23 Å². The number of rotatable bonds is 9. The zero-order valence-electron chi connectivity index (χ0n) is 18.2. The second-order valence-electron chi connectivity index (χ2n) is 7.53. The molecule has 0 N–H and O–H groups in total. The van der Waals surface area contributed by atoms with E-state index in [0.717, 1.165) is 19.3 Å². The Bertz CT molecular complexity index is 1090. The van der Waals surface area contributed by atoms with Gasteiger partial charge in [0.15, 0.2) is 23.2 Å². The van der Waals surface area contributed by atoms with Crippen molar-refractivity contribution in [3.8, 4) is 16.9 Å². The summed E-state index contributed by atoms with van der Waals surface area (Å²) in [4.78, 5) is 0. The van der Waals surface area contributed by atoms with Crippen molar-refractivity contribution in [3.05, 3.63) is 88.5 Å². The molecule has 168 valence electrons. The molecule has 3 rings (SSSR count). The minimum atomic E-state index is -1.02. The van der Waals surface area contributed by atoms with Crippen molar-refractivity contribution >= 4 is 12.2 Å². The number of ether oxygens (including phenoxy) is 1. The smallest absolute Gasteiger partial charge is 0.201 e. The van der Waals surface area contributed by atoms with E-state index in [9.17, 15) is 17.6 Å². The third-order valence-electron chi connectivity index (χ3n) is 5.27. The monoisotopic (exact) mass is 442 g/mol. The van der Waals surface area contributed by atoms with Gasteiger partial charge in [0, 0.05) is 11.1 Å². The number of hydrogen-bond donors (Lipinski definition) is 0. The van der Waals surface area contributed by atoms with Crippen LogP contribution in [0.25, 0.3) is 23.3 Å². The minimum Gasteiger partial charge on any atom is -0.491 e. The number of unbranched alkanes of at least 4 members (excludes halogenated alkanes) is 2. The third-order valence-corrected chi connectivity index (χ3v) is 5.27. The molecule has 0 saturated heterocycles. The highest BCUT2D eigenvalue weighted by atomic mass is 19.2. The van der Waals surface area contributed by atoms with Crippen molar-refractivity contribution in [2.24, 2.45) is 0 Å². The maximum atomic E-state index is 14.4. The van der Waals surface area contributed by atoms with Crippen molar-refractivity contribution < 1.29 is 22.3 Å². The van der Waals surface area contributed by atoms with Crippen molar-refractivity contribution in [3.63, 3.8) is 0 Å². The lowest BCUT2D eigenvalue weighted by molar-refractivity contribution is 0.314. The van der Waals surface area contributed by atoms with E-state index < -0.39 is 23.3 Å². The molecule has 0 aromatic heterocycles. The number of hydrogen-bond acceptors (Lipinski definition) is 1. The predicted octanol–water partition coefficient (Wildman–Crippen LogP) is 8.21. The van der Waals surface area contributed by atoms with Gasteiger partial charge in [0.2, 0.25) is 5.82 Å². The van der Waals surface area contributed by atoms with Gasteiger partial charge < -0.3 is 4.74 Å². The molecule has 3 aromatic rings. The van der Waals surface area contributed by atoms with Crippen LogP contribution in [0.5, 0.6) is 5.75 Å². The van der Waals surface area contributed by atoms with Crippen molar-refractivity contribution in [2.45, 2.75) is 39.5 Å². The lowest BCUT2D eigenvalue weighted by Gasteiger charge is -2.09. The van der Waals surface area contributed by atoms with Gasteiger partial charge >= 0.3 is 0 Å². The van der Waals surface area contributed by atoms with Crippen LogP contribution < -0.4 is 4.74 Å². The fraction of sp³-hybridized carbons (Fsp3) is 0.259. The Balaban J connectivity index is 1.76. The summed E-state index contributed by atoms with van der Waals surface area (Å²) >= 11 is 0. The molecule has 0 bridgehead atoms. The second kappa shape index (κ2) is 11.0. The molecule has 0 aliphatic rings. The molecular weight excluding hydrogens is 416 g/mol. The van der Waals surface area contributed by atoms with Gasteiger partial charge in [0.1, 0.15) is 0 Å². The van der Waals surface area contributed by atoms with Crippen molar-refractivity contribution in [1.82, 2.24) is 0 Å². The van der Waals surface area contributed by atoms with Crippen LogP contribution in [0.1, 0.15) is 49.8 Å². The maximum absolute atomic E-state index is 14.4. The Morgan fingerprint density at radius 2 is 1.47 bits per heavy atom. The molecule has 3 aromatic carbocycles. The molecule has 0 radical (unpaired) electrons. The molecule has 0 amide bonds. The molecular formula is C27H26F4O. The average Bonchev–Trinajstić information content (AvgIpc) is 2.80. The Morgan fingerprint density at radius 1 is 0.719 bits per heavy atom. The predicted molar refractivity (Wildman–Crippen MR) is 121 cm³/mol. The Morgan fingerprint density at radius 3 is 2.16 bits per heavy atom. The van der Waals surface area contributed by atoms with E-state index in [1.807, 2.05) is 0 Å². The van der Waals surface area contributed by atoms with Gasteiger partial charge in [-0.3, -0.25) is 0 Å². The molecule has 0 heterocycles. The largest absolute Gasteiger partial charge is 0.491 e. The summed E-state index contributed by atoms with van der Waals surface area (Å²) in [5.41, 5.74) is 1.88. The molecule has 1 nitrogen and oxygen atoms in total. The molecule has 0 saturated carbocycles. The molecule has 5 heteroatoms. The van der Waals surface area contributed by atoms with E-state index >= 15 is 0 Å². The molecule has 0 spiro atoms. The fourth-order valence-electron chi connectivity index (χ4n) is 3.47. The Labute approximate surface area is 186 Å². The highest BCUT2D eigenvalue weighted by Gasteiger charge is 2.15. The van der Waals surface area contributed by atoms with Gasteiger partial charge in [-0.15, -0.1) is 0 Å². The normalized spacial score (nSPS) is 11.3. The summed E-state index contributed by atoms with van der Waals surface area (Å²) in [7, 11) is 0. The van der Waals surface area contributed by atoms with Crippen LogP contribution in [0.3, 0.4) is 0 Å². The Kier molecular flexibility index (Phi) is 8.09. The molecule has 32 heavy (non-hydrogen) atoms. The first-order valence-electron chi connectivity index (χ1n) is 10.8. The van der Waals surface area contributed by atoms with E-state index in [2.05, 4.69) is 6.92 Å². The quantitative estimate of drug-likeness (QED) is 0.184. The molecule has 0 unspecified atom stereocenters. The lowest BCUT2D eigenvalue weighted by atomic mass is 10.0. The number of halogens is 4. The van der Waals surface area contributed by atoms with Gasteiger partial charge in [-0.1, -0.05) is 68.3 Å². The Hall–Kier alpha value is -3.08. The molecule has 0 aliphatic carbocycles. The van der Waals surface area contributed by atoms with Gasteiger partial charge in [-0.2, -0.15) is 4.39 Å². The highest BCUT2D eigenvalue weighted by Crippen LogP contribution is 2.30. The fourth-order valence-corrected chi connectivity index (χ4v) is 3.47. The van der Waals surface area contributed by atoms with Gasteiger partial charge in [-0.25, -0.2) is 13.2 Å². The van der Waals surface area contributed by atoms with Gasteiger partial charge in [-0.05, 0) is 48.6 Å². The van der Waals surface area contributed by atoms with E-state index in [1.165, 1.54) is 18.2 Å². The minimum absolute atomic E-state index is 0.119. The number of benzene rings is 3. The van der Waals surface area contributed by atoms with E-state index in [0.29, 0.717) is 23.1 Å². The maximum Gasteiger partial charge on any atom is 0.201 e. The molecule has 0 atom stereocenters. The first-order chi connectivity index (χ1) is 15.5. The van der Waals surface area contributed by atoms with Crippen LogP contribution in [0.15, 0.2) is 48.5 Å². The second-order valence-corrected chi connectivity index (χ2v) is 7.53. The van der Waals surface area contributed by atoms with Crippen LogP contribution in [0.4, 0.5) is 17.6 Å². The zero-order chi connectivity index (χ0) is 23.1. The number of aryl methyl sites for hydroxylation is 1. The molecule has 0 fully saturated rings. The van der Waals surface area contributed by atoms with Crippen LogP contribution in [-0.4, -0.2) is 6.61 Å². The summed E-state index contributed by atoms with van der Waals surface area (Å²) < 4.78 is 62.3. The van der Waals surface area contributed by atoms with Crippen molar-refractivity contribution in [2.75, 3.05) is 6.61 Å². The van der Waals surface area contributed by atoms with E-state index in [-0.39, 0.29) is 23.5 Å². The molecule has 0 aliphatic heterocycles. The van der Waals surface area contributed by atoms with Crippen LogP contribution >= 0.6 is 0 Å². The average molecular weight is 442 g/mol. The van der Waals surface area contributed by atoms with Crippen LogP contribution in [0, 0.1) is 23.3 Å². The van der Waals surface area contributed by atoms with Gasteiger partial charge in [0.25, 0.3) is 0 Å². The highest BCUT2D eigenvalue weighted by molar-refractivity contribution is 5.73.